The fraction of sp³-hybridized carbons (Fsp3) is 0.600. The van der Waals surface area contributed by atoms with Gasteiger partial charge in [-0.3, -0.25) is 0 Å². The summed E-state index contributed by atoms with van der Waals surface area (Å²) in [5, 5.41) is 0.844. The zero-order valence-corrected chi connectivity index (χ0v) is 11.8. The average molecular weight is 268 g/mol. The van der Waals surface area contributed by atoms with E-state index < -0.39 is 0 Å². The van der Waals surface area contributed by atoms with E-state index in [4.69, 9.17) is 22.1 Å². The first-order chi connectivity index (χ1) is 8.73. The minimum Gasteiger partial charge on any atom is -0.380 e. The van der Waals surface area contributed by atoms with E-state index in [0.717, 1.165) is 17.9 Å². The van der Waals surface area contributed by atoms with Crippen molar-refractivity contribution < 1.29 is 4.74 Å². The molecule has 0 radical (unpaired) electrons. The second kappa shape index (κ2) is 6.05. The highest BCUT2D eigenvalue weighted by atomic mass is 35.5. The van der Waals surface area contributed by atoms with Crippen LogP contribution in [0.1, 0.15) is 43.2 Å². The van der Waals surface area contributed by atoms with Crippen molar-refractivity contribution in [1.29, 1.82) is 0 Å². The lowest BCUT2D eigenvalue weighted by atomic mass is 9.68. The summed E-state index contributed by atoms with van der Waals surface area (Å²) in [4.78, 5) is 0. The van der Waals surface area contributed by atoms with E-state index in [1.807, 2.05) is 12.1 Å². The molecule has 0 atom stereocenters. The molecule has 0 saturated heterocycles. The molecule has 0 amide bonds. The summed E-state index contributed by atoms with van der Waals surface area (Å²) < 4.78 is 5.30. The smallest absolute Gasteiger partial charge is 0.0716 e. The minimum absolute atomic E-state index is 0.0600. The summed E-state index contributed by atoms with van der Waals surface area (Å²) in [7, 11) is 1.72. The highest BCUT2D eigenvalue weighted by Crippen LogP contribution is 2.43. The van der Waals surface area contributed by atoms with E-state index in [2.05, 4.69) is 6.07 Å². The Bertz CT molecular complexity index is 399. The summed E-state index contributed by atoms with van der Waals surface area (Å²) in [6.45, 7) is 1.28. The third-order valence-corrected chi connectivity index (χ3v) is 4.45. The lowest BCUT2D eigenvalue weighted by Crippen LogP contribution is -2.38. The molecule has 0 spiro atoms. The normalized spacial score (nSPS) is 18.8. The quantitative estimate of drug-likeness (QED) is 0.904. The Hall–Kier alpha value is -0.570. The second-order valence-corrected chi connectivity index (χ2v) is 5.66. The van der Waals surface area contributed by atoms with E-state index in [9.17, 15) is 0 Å². The van der Waals surface area contributed by atoms with Gasteiger partial charge in [0.05, 0.1) is 6.61 Å². The van der Waals surface area contributed by atoms with Gasteiger partial charge in [-0.05, 0) is 30.0 Å². The van der Waals surface area contributed by atoms with Crippen molar-refractivity contribution in [3.63, 3.8) is 0 Å². The van der Waals surface area contributed by atoms with Crippen LogP contribution in [-0.4, -0.2) is 13.7 Å². The van der Waals surface area contributed by atoms with Gasteiger partial charge in [-0.2, -0.15) is 0 Å². The van der Waals surface area contributed by atoms with E-state index >= 15 is 0 Å². The molecule has 0 heterocycles. The third-order valence-electron chi connectivity index (χ3n) is 4.13. The Kier molecular flexibility index (Phi) is 4.66. The van der Waals surface area contributed by atoms with Crippen LogP contribution in [0.3, 0.4) is 0 Å². The topological polar surface area (TPSA) is 35.2 Å². The summed E-state index contributed by atoms with van der Waals surface area (Å²) in [5.41, 5.74) is 8.59. The highest BCUT2D eigenvalue weighted by molar-refractivity contribution is 6.31. The van der Waals surface area contributed by atoms with Crippen molar-refractivity contribution in [2.45, 2.75) is 44.1 Å². The zero-order valence-electron chi connectivity index (χ0n) is 11.0. The summed E-state index contributed by atoms with van der Waals surface area (Å²) in [6, 6.07) is 6.08. The molecule has 2 rings (SSSR count). The average Bonchev–Trinajstić information content (AvgIpc) is 2.40. The van der Waals surface area contributed by atoms with Gasteiger partial charge in [0.1, 0.15) is 0 Å². The second-order valence-electron chi connectivity index (χ2n) is 5.25. The maximum atomic E-state index is 6.46. The predicted molar refractivity (Wildman–Crippen MR) is 76.0 cm³/mol. The van der Waals surface area contributed by atoms with Crippen LogP contribution in [0.2, 0.25) is 5.02 Å². The molecule has 1 aliphatic rings. The molecule has 0 aliphatic heterocycles. The van der Waals surface area contributed by atoms with E-state index in [1.165, 1.54) is 30.4 Å². The van der Waals surface area contributed by atoms with Crippen molar-refractivity contribution in [3.05, 3.63) is 34.3 Å². The molecule has 0 unspecified atom stereocenters. The number of halogens is 1. The molecule has 1 fully saturated rings. The molecule has 2 nitrogen and oxygen atoms in total. The van der Waals surface area contributed by atoms with Gasteiger partial charge in [-0.15, -0.1) is 0 Å². The minimum atomic E-state index is 0.0600. The molecule has 1 aliphatic carbocycles. The fourth-order valence-corrected chi connectivity index (χ4v) is 3.62. The maximum absolute atomic E-state index is 6.46. The Morgan fingerprint density at radius 3 is 2.61 bits per heavy atom. The van der Waals surface area contributed by atoms with Crippen LogP contribution in [-0.2, 0) is 16.8 Å². The molecule has 18 heavy (non-hydrogen) atoms. The van der Waals surface area contributed by atoms with Crippen molar-refractivity contribution in [2.75, 3.05) is 13.7 Å². The van der Waals surface area contributed by atoms with Gasteiger partial charge >= 0.3 is 0 Å². The molecular weight excluding hydrogens is 246 g/mol. The largest absolute Gasteiger partial charge is 0.380 e. The van der Waals surface area contributed by atoms with Crippen molar-refractivity contribution >= 4 is 11.6 Å². The lowest BCUT2D eigenvalue weighted by molar-refractivity contribution is 0.181. The first-order valence-corrected chi connectivity index (χ1v) is 7.08. The summed E-state index contributed by atoms with van der Waals surface area (Å²) in [6.07, 6.45) is 6.09. The number of benzene rings is 1. The maximum Gasteiger partial charge on any atom is 0.0716 e. The van der Waals surface area contributed by atoms with Gasteiger partial charge in [-0.1, -0.05) is 43.0 Å². The first-order valence-electron chi connectivity index (χ1n) is 6.70. The molecular formula is C15H22ClNO. The standard InChI is InChI=1S/C15H22ClNO/c1-18-10-12-6-5-7-13(16)14(12)15(11-17)8-3-2-4-9-15/h5-7H,2-4,8-11,17H2,1H3. The molecule has 100 valence electrons. The summed E-state index contributed by atoms with van der Waals surface area (Å²) >= 11 is 6.46. The number of rotatable bonds is 4. The molecule has 2 N–H and O–H groups in total. The van der Waals surface area contributed by atoms with Crippen molar-refractivity contribution in [1.82, 2.24) is 0 Å². The molecule has 3 heteroatoms. The van der Waals surface area contributed by atoms with E-state index in [0.29, 0.717) is 13.2 Å². The lowest BCUT2D eigenvalue weighted by Gasteiger charge is -2.38. The molecule has 1 aromatic carbocycles. The third kappa shape index (κ3) is 2.56. The van der Waals surface area contributed by atoms with Gasteiger partial charge in [0.2, 0.25) is 0 Å². The van der Waals surface area contributed by atoms with Gasteiger partial charge < -0.3 is 10.5 Å². The molecule has 0 bridgehead atoms. The van der Waals surface area contributed by atoms with E-state index in [1.54, 1.807) is 7.11 Å². The number of methoxy groups -OCH3 is 1. The number of hydrogen-bond acceptors (Lipinski definition) is 2. The molecule has 1 saturated carbocycles. The SMILES string of the molecule is COCc1cccc(Cl)c1C1(CN)CCCCC1. The predicted octanol–water partition coefficient (Wildman–Crippen LogP) is 3.65. The van der Waals surface area contributed by atoms with Crippen LogP contribution in [0.15, 0.2) is 18.2 Å². The van der Waals surface area contributed by atoms with Gasteiger partial charge in [0.25, 0.3) is 0 Å². The Morgan fingerprint density at radius 1 is 1.28 bits per heavy atom. The van der Waals surface area contributed by atoms with Gasteiger partial charge in [0, 0.05) is 24.1 Å². The van der Waals surface area contributed by atoms with Crippen LogP contribution in [0.5, 0.6) is 0 Å². The van der Waals surface area contributed by atoms with Gasteiger partial charge in [-0.25, -0.2) is 0 Å². The number of ether oxygens (including phenoxy) is 1. The van der Waals surface area contributed by atoms with E-state index in [-0.39, 0.29) is 5.41 Å². The summed E-state index contributed by atoms with van der Waals surface area (Å²) in [5.74, 6) is 0. The van der Waals surface area contributed by atoms with Crippen molar-refractivity contribution in [3.8, 4) is 0 Å². The van der Waals surface area contributed by atoms with Gasteiger partial charge in [0.15, 0.2) is 0 Å². The van der Waals surface area contributed by atoms with Crippen LogP contribution >= 0.6 is 11.6 Å². The van der Waals surface area contributed by atoms with Crippen LogP contribution < -0.4 is 5.73 Å². The molecule has 1 aromatic rings. The number of hydrogen-bond donors (Lipinski definition) is 1. The first kappa shape index (κ1) is 13.9. The Morgan fingerprint density at radius 2 is 2.00 bits per heavy atom. The van der Waals surface area contributed by atoms with Crippen LogP contribution in [0, 0.1) is 0 Å². The van der Waals surface area contributed by atoms with Crippen molar-refractivity contribution in [2.24, 2.45) is 5.73 Å². The monoisotopic (exact) mass is 267 g/mol. The zero-order chi connectivity index (χ0) is 13.0. The highest BCUT2D eigenvalue weighted by Gasteiger charge is 2.35. The molecule has 0 aromatic heterocycles. The van der Waals surface area contributed by atoms with Crippen LogP contribution in [0.25, 0.3) is 0 Å². The Balaban J connectivity index is 2.46. The number of nitrogens with two attached hydrogens (primary N) is 1. The fourth-order valence-electron chi connectivity index (χ4n) is 3.22. The Labute approximate surface area is 114 Å². The van der Waals surface area contributed by atoms with Crippen LogP contribution in [0.4, 0.5) is 0 Å².